The second-order valence-corrected chi connectivity index (χ2v) is 7.63. The Balaban J connectivity index is 2.47. The molecule has 1 aromatic heterocycles. The first-order chi connectivity index (χ1) is 10.3. The van der Waals surface area contributed by atoms with E-state index < -0.39 is 5.97 Å². The van der Waals surface area contributed by atoms with E-state index in [1.807, 2.05) is 13.8 Å². The zero-order valence-electron chi connectivity index (χ0n) is 14.0. The lowest BCUT2D eigenvalue weighted by atomic mass is 10.1. The summed E-state index contributed by atoms with van der Waals surface area (Å²) in [7, 11) is 0. The van der Waals surface area contributed by atoms with Crippen molar-refractivity contribution in [3.63, 3.8) is 0 Å². The predicted octanol–water partition coefficient (Wildman–Crippen LogP) is 3.65. The van der Waals surface area contributed by atoms with Crippen LogP contribution in [0.15, 0.2) is 6.07 Å². The molecule has 0 radical (unpaired) electrons. The number of carbonyl (C=O) groups is 2. The number of aliphatic carboxylic acids is 1. The van der Waals surface area contributed by atoms with Crippen molar-refractivity contribution in [1.29, 1.82) is 0 Å². The minimum Gasteiger partial charge on any atom is -0.481 e. The molecule has 1 rings (SSSR count). The lowest BCUT2D eigenvalue weighted by Crippen LogP contribution is -2.35. The van der Waals surface area contributed by atoms with Crippen LogP contribution in [0.25, 0.3) is 0 Å². The summed E-state index contributed by atoms with van der Waals surface area (Å²) in [4.78, 5) is 27.4. The summed E-state index contributed by atoms with van der Waals surface area (Å²) >= 11 is 1.79. The molecular weight excluding hydrogens is 298 g/mol. The van der Waals surface area contributed by atoms with Gasteiger partial charge in [0.1, 0.15) is 0 Å². The summed E-state index contributed by atoms with van der Waals surface area (Å²) in [6, 6.07) is 2.20. The van der Waals surface area contributed by atoms with Gasteiger partial charge in [0, 0.05) is 29.3 Å². The van der Waals surface area contributed by atoms with Crippen LogP contribution in [0.5, 0.6) is 0 Å². The molecule has 1 aromatic rings. The van der Waals surface area contributed by atoms with Gasteiger partial charge in [-0.05, 0) is 44.2 Å². The molecule has 0 atom stereocenters. The van der Waals surface area contributed by atoms with E-state index in [0.717, 1.165) is 12.8 Å². The van der Waals surface area contributed by atoms with Crippen LogP contribution < -0.4 is 0 Å². The highest BCUT2D eigenvalue weighted by Crippen LogP contribution is 2.22. The molecule has 0 aromatic carbocycles. The van der Waals surface area contributed by atoms with Gasteiger partial charge in [0.25, 0.3) is 0 Å². The Hall–Kier alpha value is -1.36. The average Bonchev–Trinajstić information content (AvgIpc) is 2.72. The Morgan fingerprint density at radius 1 is 1.27 bits per heavy atom. The van der Waals surface area contributed by atoms with Gasteiger partial charge in [-0.2, -0.15) is 0 Å². The van der Waals surface area contributed by atoms with Gasteiger partial charge in [-0.15, -0.1) is 11.3 Å². The maximum atomic E-state index is 12.3. The van der Waals surface area contributed by atoms with Crippen LogP contribution in [-0.4, -0.2) is 35.0 Å². The van der Waals surface area contributed by atoms with Gasteiger partial charge < -0.3 is 10.0 Å². The van der Waals surface area contributed by atoms with Crippen molar-refractivity contribution < 1.29 is 14.7 Å². The third-order valence-corrected chi connectivity index (χ3v) is 4.52. The smallest absolute Gasteiger partial charge is 0.305 e. The van der Waals surface area contributed by atoms with Crippen LogP contribution in [0.2, 0.25) is 0 Å². The highest BCUT2D eigenvalue weighted by Gasteiger charge is 2.16. The van der Waals surface area contributed by atoms with Crippen LogP contribution in [0.1, 0.15) is 48.4 Å². The molecule has 4 nitrogen and oxygen atoms in total. The number of rotatable bonds is 9. The summed E-state index contributed by atoms with van der Waals surface area (Å²) in [6.45, 7) is 9.23. The fourth-order valence-corrected chi connectivity index (χ4v) is 3.49. The molecule has 124 valence electrons. The summed E-state index contributed by atoms with van der Waals surface area (Å²) in [5.41, 5.74) is 1.33. The minimum absolute atomic E-state index is 0.0152. The first-order valence-electron chi connectivity index (χ1n) is 7.85. The second-order valence-electron chi connectivity index (χ2n) is 6.17. The van der Waals surface area contributed by atoms with Gasteiger partial charge in [-0.1, -0.05) is 13.8 Å². The first kappa shape index (κ1) is 18.7. The summed E-state index contributed by atoms with van der Waals surface area (Å²) in [5.74, 6) is -0.440. The van der Waals surface area contributed by atoms with Gasteiger partial charge in [0.15, 0.2) is 0 Å². The van der Waals surface area contributed by atoms with E-state index in [2.05, 4.69) is 19.9 Å². The van der Waals surface area contributed by atoms with E-state index in [-0.39, 0.29) is 12.3 Å². The Labute approximate surface area is 137 Å². The molecule has 0 spiro atoms. The number of hydrogen-bond donors (Lipinski definition) is 1. The van der Waals surface area contributed by atoms with Gasteiger partial charge in [0.05, 0.1) is 6.42 Å². The monoisotopic (exact) mass is 325 g/mol. The Morgan fingerprint density at radius 2 is 1.95 bits per heavy atom. The fourth-order valence-electron chi connectivity index (χ4n) is 2.51. The maximum Gasteiger partial charge on any atom is 0.305 e. The number of nitrogens with zero attached hydrogens (tertiary/aromatic N) is 1. The van der Waals surface area contributed by atoms with Crippen molar-refractivity contribution in [2.24, 2.45) is 5.92 Å². The number of aryl methyl sites for hydroxylation is 3. The van der Waals surface area contributed by atoms with Gasteiger partial charge in [0.2, 0.25) is 5.91 Å². The second kappa shape index (κ2) is 8.93. The third-order valence-electron chi connectivity index (χ3n) is 3.51. The summed E-state index contributed by atoms with van der Waals surface area (Å²) in [6.07, 6.45) is 2.23. The molecule has 0 saturated heterocycles. The Morgan fingerprint density at radius 3 is 2.45 bits per heavy atom. The summed E-state index contributed by atoms with van der Waals surface area (Å²) in [5, 5.41) is 8.80. The molecule has 5 heteroatoms. The van der Waals surface area contributed by atoms with Crippen LogP contribution in [0.4, 0.5) is 0 Å². The third kappa shape index (κ3) is 6.60. The van der Waals surface area contributed by atoms with Crippen LogP contribution >= 0.6 is 11.3 Å². The van der Waals surface area contributed by atoms with E-state index in [0.29, 0.717) is 25.4 Å². The number of hydrogen-bond acceptors (Lipinski definition) is 3. The maximum absolute atomic E-state index is 12.3. The Kier molecular flexibility index (Phi) is 7.59. The number of carbonyl (C=O) groups excluding carboxylic acids is 1. The van der Waals surface area contributed by atoms with Crippen LogP contribution in [0, 0.1) is 19.8 Å². The van der Waals surface area contributed by atoms with Crippen LogP contribution in [0.3, 0.4) is 0 Å². The van der Waals surface area contributed by atoms with Crippen molar-refractivity contribution in [3.8, 4) is 0 Å². The van der Waals surface area contributed by atoms with Crippen molar-refractivity contribution in [1.82, 2.24) is 4.90 Å². The quantitative estimate of drug-likeness (QED) is 0.754. The largest absolute Gasteiger partial charge is 0.481 e. The molecule has 0 aliphatic carbocycles. The molecule has 0 unspecified atom stereocenters. The molecule has 0 aliphatic rings. The number of thiophene rings is 1. The van der Waals surface area contributed by atoms with E-state index in [4.69, 9.17) is 5.11 Å². The van der Waals surface area contributed by atoms with Gasteiger partial charge in [-0.25, -0.2) is 0 Å². The van der Waals surface area contributed by atoms with Gasteiger partial charge >= 0.3 is 5.97 Å². The zero-order valence-corrected chi connectivity index (χ0v) is 14.8. The van der Waals surface area contributed by atoms with E-state index in [9.17, 15) is 9.59 Å². The van der Waals surface area contributed by atoms with Crippen molar-refractivity contribution in [2.75, 3.05) is 13.1 Å². The molecule has 1 amide bonds. The molecule has 1 N–H and O–H groups in total. The van der Waals surface area contributed by atoms with Crippen molar-refractivity contribution in [2.45, 2.75) is 53.4 Å². The SMILES string of the molecule is Cc1cc(CCCC(=O)N(CCC(=O)O)CC(C)C)c(C)s1. The van der Waals surface area contributed by atoms with E-state index in [1.165, 1.54) is 15.3 Å². The lowest BCUT2D eigenvalue weighted by molar-refractivity contribution is -0.138. The van der Waals surface area contributed by atoms with Crippen molar-refractivity contribution in [3.05, 3.63) is 21.4 Å². The number of carboxylic acids is 1. The van der Waals surface area contributed by atoms with Gasteiger partial charge in [-0.3, -0.25) is 9.59 Å². The highest BCUT2D eigenvalue weighted by molar-refractivity contribution is 7.12. The molecule has 0 saturated carbocycles. The zero-order chi connectivity index (χ0) is 16.7. The lowest BCUT2D eigenvalue weighted by Gasteiger charge is -2.24. The number of carboxylic acid groups (broad SMARTS) is 1. The van der Waals surface area contributed by atoms with E-state index >= 15 is 0 Å². The van der Waals surface area contributed by atoms with Crippen molar-refractivity contribution >= 4 is 23.2 Å². The van der Waals surface area contributed by atoms with Crippen LogP contribution in [-0.2, 0) is 16.0 Å². The summed E-state index contributed by atoms with van der Waals surface area (Å²) < 4.78 is 0. The van der Waals surface area contributed by atoms with E-state index in [1.54, 1.807) is 16.2 Å². The predicted molar refractivity (Wildman–Crippen MR) is 90.4 cm³/mol. The molecular formula is C17H27NO3S. The highest BCUT2D eigenvalue weighted by atomic mass is 32.1. The average molecular weight is 325 g/mol. The minimum atomic E-state index is -0.856. The standard InChI is InChI=1S/C17H27NO3S/c1-12(2)11-18(9-8-17(20)21)16(19)7-5-6-15-10-13(3)22-14(15)4/h10,12H,5-9,11H2,1-4H3,(H,20,21). The topological polar surface area (TPSA) is 57.6 Å². The molecule has 0 bridgehead atoms. The Bertz CT molecular complexity index is 508. The normalized spacial score (nSPS) is 11.0. The molecule has 22 heavy (non-hydrogen) atoms. The number of amides is 1. The molecule has 0 aliphatic heterocycles. The molecule has 0 fully saturated rings. The first-order valence-corrected chi connectivity index (χ1v) is 8.66. The fraction of sp³-hybridized carbons (Fsp3) is 0.647. The molecule has 1 heterocycles.